The molecule has 0 fully saturated rings. The highest BCUT2D eigenvalue weighted by molar-refractivity contribution is 4.24. The molecule has 0 amide bonds. The van der Waals surface area contributed by atoms with Crippen LogP contribution in [0.3, 0.4) is 0 Å². The zero-order chi connectivity index (χ0) is 5.70. The Balaban J connectivity index is 2.68. The summed E-state index contributed by atoms with van der Waals surface area (Å²) in [7, 11) is 0. The summed E-state index contributed by atoms with van der Waals surface area (Å²) in [6, 6.07) is 0. The maximum Gasteiger partial charge on any atom is 0.151 e. The van der Waals surface area contributed by atoms with Gasteiger partial charge in [-0.1, -0.05) is 6.92 Å². The summed E-state index contributed by atoms with van der Waals surface area (Å²) < 4.78 is 4.75. The highest BCUT2D eigenvalue weighted by Crippen LogP contribution is 1.84. The van der Waals surface area contributed by atoms with Crippen molar-refractivity contribution in [1.29, 1.82) is 0 Å². The topological polar surface area (TPSA) is 29.5 Å². The van der Waals surface area contributed by atoms with Gasteiger partial charge in [0.1, 0.15) is 0 Å². The SMILES string of the molecule is CCCOC(C)O. The lowest BCUT2D eigenvalue weighted by molar-refractivity contribution is -0.0846. The molecule has 1 atom stereocenters. The van der Waals surface area contributed by atoms with Crippen molar-refractivity contribution < 1.29 is 9.84 Å². The first-order valence-corrected chi connectivity index (χ1v) is 2.57. The third kappa shape index (κ3) is 5.92. The van der Waals surface area contributed by atoms with Crippen molar-refractivity contribution in [1.82, 2.24) is 0 Å². The van der Waals surface area contributed by atoms with Crippen LogP contribution in [-0.2, 0) is 4.74 Å². The van der Waals surface area contributed by atoms with Crippen molar-refractivity contribution in [2.75, 3.05) is 6.61 Å². The van der Waals surface area contributed by atoms with Crippen LogP contribution < -0.4 is 0 Å². The molecule has 0 aliphatic heterocycles. The van der Waals surface area contributed by atoms with Gasteiger partial charge in [-0.25, -0.2) is 0 Å². The summed E-state index contributed by atoms with van der Waals surface area (Å²) in [6.45, 7) is 4.26. The first-order valence-electron chi connectivity index (χ1n) is 2.57. The van der Waals surface area contributed by atoms with Gasteiger partial charge in [-0.05, 0) is 13.3 Å². The average Bonchev–Trinajstić information content (AvgIpc) is 1.61. The Morgan fingerprint density at radius 2 is 2.29 bits per heavy atom. The van der Waals surface area contributed by atoms with Crippen LogP contribution >= 0.6 is 0 Å². The molecule has 0 bridgehead atoms. The zero-order valence-electron chi connectivity index (χ0n) is 4.85. The van der Waals surface area contributed by atoms with Crippen LogP contribution in [-0.4, -0.2) is 18.0 Å². The second kappa shape index (κ2) is 4.09. The van der Waals surface area contributed by atoms with E-state index in [-0.39, 0.29) is 0 Å². The molecule has 0 aliphatic carbocycles. The number of aliphatic hydroxyl groups excluding tert-OH is 1. The molecule has 2 nitrogen and oxygen atoms in total. The van der Waals surface area contributed by atoms with E-state index in [1.54, 1.807) is 6.92 Å². The fourth-order valence-electron chi connectivity index (χ4n) is 0.288. The van der Waals surface area contributed by atoms with E-state index < -0.39 is 6.29 Å². The van der Waals surface area contributed by atoms with Gasteiger partial charge >= 0.3 is 0 Å². The van der Waals surface area contributed by atoms with E-state index in [0.717, 1.165) is 6.42 Å². The van der Waals surface area contributed by atoms with Crippen LogP contribution in [0.25, 0.3) is 0 Å². The second-order valence-electron chi connectivity index (χ2n) is 1.47. The first kappa shape index (κ1) is 6.92. The summed E-state index contributed by atoms with van der Waals surface area (Å²) in [5.74, 6) is 0. The second-order valence-corrected chi connectivity index (χ2v) is 1.47. The summed E-state index contributed by atoms with van der Waals surface area (Å²) in [5.41, 5.74) is 0. The van der Waals surface area contributed by atoms with Crippen molar-refractivity contribution >= 4 is 0 Å². The minimum absolute atomic E-state index is 0.597. The van der Waals surface area contributed by atoms with Gasteiger partial charge in [-0.15, -0.1) is 0 Å². The predicted octanol–water partition coefficient (Wildman–Crippen LogP) is 0.751. The van der Waals surface area contributed by atoms with Crippen molar-refractivity contribution in [2.45, 2.75) is 26.6 Å². The molecule has 44 valence electrons. The average molecular weight is 104 g/mol. The van der Waals surface area contributed by atoms with Crippen molar-refractivity contribution in [3.05, 3.63) is 0 Å². The Morgan fingerprint density at radius 3 is 2.43 bits per heavy atom. The van der Waals surface area contributed by atoms with Crippen LogP contribution in [0.4, 0.5) is 0 Å². The normalized spacial score (nSPS) is 14.1. The van der Waals surface area contributed by atoms with Crippen LogP contribution in [0, 0.1) is 0 Å². The van der Waals surface area contributed by atoms with E-state index in [0.29, 0.717) is 6.61 Å². The number of aliphatic hydroxyl groups is 1. The van der Waals surface area contributed by atoms with Gasteiger partial charge in [-0.3, -0.25) is 0 Å². The maximum absolute atomic E-state index is 8.46. The minimum atomic E-state index is -0.597. The molecule has 0 spiro atoms. The summed E-state index contributed by atoms with van der Waals surface area (Å²) in [4.78, 5) is 0. The van der Waals surface area contributed by atoms with Crippen LogP contribution in [0.2, 0.25) is 0 Å². The lowest BCUT2D eigenvalue weighted by Gasteiger charge is -2.02. The van der Waals surface area contributed by atoms with Gasteiger partial charge in [0.05, 0.1) is 0 Å². The van der Waals surface area contributed by atoms with Crippen LogP contribution in [0.5, 0.6) is 0 Å². The summed E-state index contributed by atoms with van der Waals surface area (Å²) >= 11 is 0. The van der Waals surface area contributed by atoms with Gasteiger partial charge in [0, 0.05) is 6.61 Å². The number of rotatable bonds is 3. The summed E-state index contributed by atoms with van der Waals surface area (Å²) in [5, 5.41) is 8.46. The Morgan fingerprint density at radius 1 is 1.71 bits per heavy atom. The Hall–Kier alpha value is -0.0800. The van der Waals surface area contributed by atoms with Crippen molar-refractivity contribution in [3.8, 4) is 0 Å². The molecule has 0 aromatic rings. The van der Waals surface area contributed by atoms with Gasteiger partial charge < -0.3 is 9.84 Å². The molecule has 7 heavy (non-hydrogen) atoms. The fourth-order valence-corrected chi connectivity index (χ4v) is 0.288. The molecule has 1 N–H and O–H groups in total. The standard InChI is InChI=1S/C5H12O2/c1-3-4-7-5(2)6/h5-6H,3-4H2,1-2H3. The molecule has 0 saturated heterocycles. The molecular weight excluding hydrogens is 92.1 g/mol. The quantitative estimate of drug-likeness (QED) is 0.535. The molecule has 0 rings (SSSR count). The lowest BCUT2D eigenvalue weighted by atomic mass is 10.5. The van der Waals surface area contributed by atoms with E-state index in [9.17, 15) is 0 Å². The smallest absolute Gasteiger partial charge is 0.151 e. The number of ether oxygens (including phenoxy) is 1. The Kier molecular flexibility index (Phi) is 4.04. The maximum atomic E-state index is 8.46. The van der Waals surface area contributed by atoms with E-state index >= 15 is 0 Å². The molecule has 0 heterocycles. The van der Waals surface area contributed by atoms with Gasteiger partial charge in [-0.2, -0.15) is 0 Å². The van der Waals surface area contributed by atoms with Crippen molar-refractivity contribution in [3.63, 3.8) is 0 Å². The van der Waals surface area contributed by atoms with Gasteiger partial charge in [0.15, 0.2) is 6.29 Å². The molecule has 0 aromatic heterocycles. The van der Waals surface area contributed by atoms with E-state index in [2.05, 4.69) is 0 Å². The van der Waals surface area contributed by atoms with Crippen molar-refractivity contribution in [2.24, 2.45) is 0 Å². The van der Waals surface area contributed by atoms with E-state index in [1.165, 1.54) is 0 Å². The first-order chi connectivity index (χ1) is 3.27. The summed E-state index contributed by atoms with van der Waals surface area (Å²) in [6.07, 6.45) is 0.366. The third-order valence-corrected chi connectivity index (χ3v) is 0.563. The highest BCUT2D eigenvalue weighted by atomic mass is 16.6. The molecule has 1 unspecified atom stereocenters. The molecule has 2 heteroatoms. The highest BCUT2D eigenvalue weighted by Gasteiger charge is 1.88. The van der Waals surface area contributed by atoms with Gasteiger partial charge in [0.2, 0.25) is 0 Å². The monoisotopic (exact) mass is 104 g/mol. The van der Waals surface area contributed by atoms with Crippen LogP contribution in [0.1, 0.15) is 20.3 Å². The lowest BCUT2D eigenvalue weighted by Crippen LogP contribution is -2.05. The zero-order valence-corrected chi connectivity index (χ0v) is 4.85. The molecular formula is C5H12O2. The van der Waals surface area contributed by atoms with Crippen LogP contribution in [0.15, 0.2) is 0 Å². The number of hydrogen-bond acceptors (Lipinski definition) is 2. The minimum Gasteiger partial charge on any atom is -0.368 e. The molecule has 0 aromatic carbocycles. The Labute approximate surface area is 44.1 Å². The largest absolute Gasteiger partial charge is 0.368 e. The Bertz CT molecular complexity index is 35.1. The third-order valence-electron chi connectivity index (χ3n) is 0.563. The molecule has 0 radical (unpaired) electrons. The van der Waals surface area contributed by atoms with E-state index in [4.69, 9.17) is 9.84 Å². The predicted molar refractivity (Wildman–Crippen MR) is 27.9 cm³/mol. The van der Waals surface area contributed by atoms with Gasteiger partial charge in [0.25, 0.3) is 0 Å². The molecule has 0 saturated carbocycles. The molecule has 0 aliphatic rings. The number of hydrogen-bond donors (Lipinski definition) is 1. The van der Waals surface area contributed by atoms with E-state index in [1.807, 2.05) is 6.92 Å². The fraction of sp³-hybridized carbons (Fsp3) is 1.00.